The van der Waals surface area contributed by atoms with E-state index in [1.165, 1.54) is 33.1 Å². The first-order chi connectivity index (χ1) is 16.2. The second kappa shape index (κ2) is 13.5. The van der Waals surface area contributed by atoms with Crippen molar-refractivity contribution in [1.82, 2.24) is 9.78 Å². The fourth-order valence-corrected chi connectivity index (χ4v) is 3.86. The summed E-state index contributed by atoms with van der Waals surface area (Å²) in [6.45, 7) is 5.62. The Morgan fingerprint density at radius 3 is 2.18 bits per heavy atom. The fraction of sp³-hybridized carbons (Fsp3) is 0.538. The van der Waals surface area contributed by atoms with Crippen LogP contribution in [-0.2, 0) is 36.8 Å². The maximum absolute atomic E-state index is 11.8. The van der Waals surface area contributed by atoms with E-state index in [0.29, 0.717) is 12.8 Å². The molecule has 186 valence electrons. The van der Waals surface area contributed by atoms with Gasteiger partial charge in [0.1, 0.15) is 13.2 Å². The van der Waals surface area contributed by atoms with Crippen molar-refractivity contribution in [2.24, 2.45) is 11.1 Å². The standard InChI is InChI=1S/C26H37N3O5/c1-4-5-6-7-14-29-17-24(16-28-29)23-10-8-22(9-11-23)12-13-26(15-25(27)32,18-33-20(2)30)19-34-21(3)31/h8-11,16-17H,4-7,12-15,18-19H2,1-3H3,(H2,27,32). The highest BCUT2D eigenvalue weighted by molar-refractivity contribution is 5.75. The molecule has 8 heteroatoms. The van der Waals surface area contributed by atoms with Crippen LogP contribution in [0.15, 0.2) is 36.7 Å². The minimum Gasteiger partial charge on any atom is -0.465 e. The molecule has 0 saturated carbocycles. The molecule has 1 amide bonds. The number of hydrogen-bond acceptors (Lipinski definition) is 6. The SMILES string of the molecule is CCCCCCn1cc(-c2ccc(CCC(COC(C)=O)(COC(C)=O)CC(N)=O)cc2)cn1. The predicted molar refractivity (Wildman–Crippen MR) is 130 cm³/mol. The number of primary amides is 1. The smallest absolute Gasteiger partial charge is 0.302 e. The summed E-state index contributed by atoms with van der Waals surface area (Å²) < 4.78 is 12.4. The van der Waals surface area contributed by atoms with Gasteiger partial charge in [0.05, 0.1) is 6.20 Å². The minimum atomic E-state index is -0.874. The molecule has 0 atom stereocenters. The molecule has 8 nitrogen and oxygen atoms in total. The van der Waals surface area contributed by atoms with Gasteiger partial charge in [-0.1, -0.05) is 50.5 Å². The summed E-state index contributed by atoms with van der Waals surface area (Å²) in [5.74, 6) is -1.47. The van der Waals surface area contributed by atoms with Crippen LogP contribution in [0.25, 0.3) is 11.1 Å². The Morgan fingerprint density at radius 2 is 1.62 bits per heavy atom. The number of aromatic nitrogens is 2. The number of unbranched alkanes of at least 4 members (excludes halogenated alkanes) is 3. The summed E-state index contributed by atoms with van der Waals surface area (Å²) in [5.41, 5.74) is 7.78. The number of benzene rings is 1. The molecule has 2 rings (SSSR count). The van der Waals surface area contributed by atoms with Gasteiger partial charge in [-0.05, 0) is 30.4 Å². The van der Waals surface area contributed by atoms with Crippen molar-refractivity contribution in [3.8, 4) is 11.1 Å². The lowest BCUT2D eigenvalue weighted by Crippen LogP contribution is -2.38. The normalized spacial score (nSPS) is 11.3. The van der Waals surface area contributed by atoms with Crippen molar-refractivity contribution in [2.75, 3.05) is 13.2 Å². The molecule has 0 aliphatic carbocycles. The van der Waals surface area contributed by atoms with E-state index in [4.69, 9.17) is 15.2 Å². The highest BCUT2D eigenvalue weighted by atomic mass is 16.5. The van der Waals surface area contributed by atoms with Gasteiger partial charge in [0.2, 0.25) is 5.91 Å². The Hall–Kier alpha value is -3.16. The maximum atomic E-state index is 11.8. The lowest BCUT2D eigenvalue weighted by molar-refractivity contribution is -0.154. The van der Waals surface area contributed by atoms with Crippen LogP contribution in [0.2, 0.25) is 0 Å². The van der Waals surface area contributed by atoms with Crippen LogP contribution in [0.5, 0.6) is 0 Å². The van der Waals surface area contributed by atoms with E-state index in [2.05, 4.69) is 18.2 Å². The summed E-state index contributed by atoms with van der Waals surface area (Å²) in [6, 6.07) is 8.14. The molecule has 0 aliphatic rings. The maximum Gasteiger partial charge on any atom is 0.302 e. The monoisotopic (exact) mass is 471 g/mol. The molecule has 0 saturated heterocycles. The van der Waals surface area contributed by atoms with Crippen molar-refractivity contribution < 1.29 is 23.9 Å². The molecule has 2 aromatic rings. The number of hydrogen-bond donors (Lipinski definition) is 1. The van der Waals surface area contributed by atoms with Gasteiger partial charge in [-0.3, -0.25) is 19.1 Å². The van der Waals surface area contributed by atoms with Gasteiger partial charge < -0.3 is 15.2 Å². The molecule has 1 heterocycles. The fourth-order valence-electron chi connectivity index (χ4n) is 3.86. The highest BCUT2D eigenvalue weighted by Gasteiger charge is 2.35. The quantitative estimate of drug-likeness (QED) is 0.310. The average molecular weight is 472 g/mol. The Morgan fingerprint density at radius 1 is 0.971 bits per heavy atom. The number of nitrogens with zero attached hydrogens (tertiary/aromatic N) is 2. The summed E-state index contributed by atoms with van der Waals surface area (Å²) in [6.07, 6.45) is 9.77. The zero-order valence-electron chi connectivity index (χ0n) is 20.5. The van der Waals surface area contributed by atoms with Gasteiger partial charge in [0.25, 0.3) is 0 Å². The first-order valence-electron chi connectivity index (χ1n) is 11.9. The Balaban J connectivity index is 2.05. The van der Waals surface area contributed by atoms with Gasteiger partial charge in [-0.25, -0.2) is 0 Å². The van der Waals surface area contributed by atoms with E-state index < -0.39 is 23.3 Å². The van der Waals surface area contributed by atoms with Crippen LogP contribution in [0, 0.1) is 5.41 Å². The molecule has 1 aromatic heterocycles. The van der Waals surface area contributed by atoms with Crippen LogP contribution in [0.3, 0.4) is 0 Å². The Kier molecular flexibility index (Phi) is 10.8. The zero-order valence-corrected chi connectivity index (χ0v) is 20.5. The average Bonchev–Trinajstić information content (AvgIpc) is 3.26. The Labute approximate surface area is 201 Å². The second-order valence-corrected chi connectivity index (χ2v) is 8.95. The number of ether oxygens (including phenoxy) is 2. The Bertz CT molecular complexity index is 918. The number of rotatable bonds is 15. The van der Waals surface area contributed by atoms with Crippen molar-refractivity contribution in [3.05, 3.63) is 42.2 Å². The molecular formula is C26H37N3O5. The number of amides is 1. The van der Waals surface area contributed by atoms with Crippen molar-refractivity contribution in [2.45, 2.75) is 72.3 Å². The van der Waals surface area contributed by atoms with E-state index in [1.54, 1.807) is 0 Å². The minimum absolute atomic E-state index is 0.0475. The number of aryl methyl sites for hydroxylation is 2. The third-order valence-corrected chi connectivity index (χ3v) is 5.82. The molecular weight excluding hydrogens is 434 g/mol. The predicted octanol–water partition coefficient (Wildman–Crippen LogP) is 4.05. The van der Waals surface area contributed by atoms with Crippen LogP contribution in [0.4, 0.5) is 0 Å². The van der Waals surface area contributed by atoms with Crippen LogP contribution in [-0.4, -0.2) is 40.8 Å². The molecule has 0 fully saturated rings. The van der Waals surface area contributed by atoms with Crippen LogP contribution >= 0.6 is 0 Å². The topological polar surface area (TPSA) is 114 Å². The molecule has 1 aromatic carbocycles. The van der Waals surface area contributed by atoms with E-state index in [0.717, 1.165) is 29.7 Å². The molecule has 0 unspecified atom stereocenters. The summed E-state index contributed by atoms with van der Waals surface area (Å²) in [5, 5.41) is 4.47. The number of carbonyl (C=O) groups excluding carboxylic acids is 3. The van der Waals surface area contributed by atoms with Crippen molar-refractivity contribution in [3.63, 3.8) is 0 Å². The zero-order chi connectivity index (χ0) is 25.0. The third kappa shape index (κ3) is 9.37. The number of carbonyl (C=O) groups is 3. The van der Waals surface area contributed by atoms with Gasteiger partial charge in [-0.2, -0.15) is 5.10 Å². The number of esters is 2. The molecule has 0 spiro atoms. The third-order valence-electron chi connectivity index (χ3n) is 5.82. The van der Waals surface area contributed by atoms with Crippen molar-refractivity contribution in [1.29, 1.82) is 0 Å². The molecule has 2 N–H and O–H groups in total. The molecule has 0 radical (unpaired) electrons. The van der Waals surface area contributed by atoms with Gasteiger partial charge in [-0.15, -0.1) is 0 Å². The van der Waals surface area contributed by atoms with Crippen LogP contribution < -0.4 is 5.73 Å². The summed E-state index contributed by atoms with van der Waals surface area (Å²) >= 11 is 0. The van der Waals surface area contributed by atoms with E-state index in [9.17, 15) is 14.4 Å². The lowest BCUT2D eigenvalue weighted by Gasteiger charge is -2.31. The van der Waals surface area contributed by atoms with Crippen LogP contribution in [0.1, 0.15) is 64.9 Å². The van der Waals surface area contributed by atoms with Crippen molar-refractivity contribution >= 4 is 17.8 Å². The summed E-state index contributed by atoms with van der Waals surface area (Å²) in [7, 11) is 0. The number of nitrogens with two attached hydrogens (primary N) is 1. The van der Waals surface area contributed by atoms with E-state index >= 15 is 0 Å². The molecule has 0 bridgehead atoms. The van der Waals surface area contributed by atoms with E-state index in [-0.39, 0.29) is 19.6 Å². The largest absolute Gasteiger partial charge is 0.465 e. The van der Waals surface area contributed by atoms with Gasteiger partial charge >= 0.3 is 11.9 Å². The van der Waals surface area contributed by atoms with E-state index in [1.807, 2.05) is 35.1 Å². The van der Waals surface area contributed by atoms with Gasteiger partial charge in [0, 0.05) is 44.0 Å². The second-order valence-electron chi connectivity index (χ2n) is 8.95. The summed E-state index contributed by atoms with van der Waals surface area (Å²) in [4.78, 5) is 34.5. The molecule has 0 aliphatic heterocycles. The molecule has 34 heavy (non-hydrogen) atoms. The highest BCUT2D eigenvalue weighted by Crippen LogP contribution is 2.31. The van der Waals surface area contributed by atoms with Gasteiger partial charge in [0.15, 0.2) is 0 Å². The lowest BCUT2D eigenvalue weighted by atomic mass is 9.80. The first-order valence-corrected chi connectivity index (χ1v) is 11.9. The first kappa shape index (κ1) is 27.1.